The monoisotopic (exact) mass is 363 g/mol. The summed E-state index contributed by atoms with van der Waals surface area (Å²) < 4.78 is 1.74. The van der Waals surface area contributed by atoms with Gasteiger partial charge < -0.3 is 9.80 Å². The molecule has 3 aromatic rings. The number of piperazine rings is 1. The van der Waals surface area contributed by atoms with Crippen molar-refractivity contribution in [2.45, 2.75) is 27.7 Å². The van der Waals surface area contributed by atoms with Crippen molar-refractivity contribution >= 4 is 17.2 Å². The van der Waals surface area contributed by atoms with Gasteiger partial charge in [-0.25, -0.2) is 9.50 Å². The van der Waals surface area contributed by atoms with Crippen LogP contribution in [0.4, 0.5) is 5.69 Å². The summed E-state index contributed by atoms with van der Waals surface area (Å²) in [6.07, 6.45) is 1.65. The van der Waals surface area contributed by atoms with Gasteiger partial charge in [-0.15, -0.1) is 0 Å². The number of fused-ring (bicyclic) bond motifs is 1. The van der Waals surface area contributed by atoms with E-state index in [4.69, 9.17) is 0 Å². The maximum atomic E-state index is 13.1. The molecule has 0 radical (unpaired) electrons. The number of hydrogen-bond donors (Lipinski definition) is 0. The summed E-state index contributed by atoms with van der Waals surface area (Å²) in [5.41, 5.74) is 7.00. The zero-order valence-corrected chi connectivity index (χ0v) is 16.4. The maximum Gasteiger partial charge on any atom is 0.259 e. The van der Waals surface area contributed by atoms with E-state index in [0.29, 0.717) is 24.3 Å². The van der Waals surface area contributed by atoms with E-state index in [2.05, 4.69) is 47.0 Å². The van der Waals surface area contributed by atoms with Crippen molar-refractivity contribution in [3.63, 3.8) is 0 Å². The highest BCUT2D eigenvalue weighted by Crippen LogP contribution is 2.24. The smallest absolute Gasteiger partial charge is 0.259 e. The topological polar surface area (TPSA) is 53.7 Å². The molecule has 6 nitrogen and oxygen atoms in total. The third kappa shape index (κ3) is 3.05. The third-order valence-electron chi connectivity index (χ3n) is 5.49. The first-order valence-corrected chi connectivity index (χ1v) is 9.38. The minimum atomic E-state index is 0.0168. The molecule has 0 aliphatic carbocycles. The zero-order valence-electron chi connectivity index (χ0n) is 16.4. The van der Waals surface area contributed by atoms with Crippen molar-refractivity contribution in [1.82, 2.24) is 19.5 Å². The lowest BCUT2D eigenvalue weighted by Crippen LogP contribution is -2.49. The van der Waals surface area contributed by atoms with E-state index in [1.165, 1.54) is 16.8 Å². The lowest BCUT2D eigenvalue weighted by atomic mass is 10.1. The number of aromatic nitrogens is 3. The van der Waals surface area contributed by atoms with Crippen molar-refractivity contribution in [3.8, 4) is 0 Å². The fourth-order valence-corrected chi connectivity index (χ4v) is 3.82. The van der Waals surface area contributed by atoms with Gasteiger partial charge in [0.15, 0.2) is 5.65 Å². The van der Waals surface area contributed by atoms with Gasteiger partial charge in [0.05, 0.1) is 6.20 Å². The average Bonchev–Trinajstić information content (AvgIpc) is 3.08. The van der Waals surface area contributed by atoms with Crippen LogP contribution in [0.5, 0.6) is 0 Å². The van der Waals surface area contributed by atoms with Crippen LogP contribution in [0, 0.1) is 27.7 Å². The van der Waals surface area contributed by atoms with E-state index in [1.807, 2.05) is 24.8 Å². The molecule has 27 heavy (non-hydrogen) atoms. The molecule has 0 saturated carbocycles. The molecule has 1 aliphatic rings. The van der Waals surface area contributed by atoms with E-state index >= 15 is 0 Å². The normalized spacial score (nSPS) is 14.8. The predicted octanol–water partition coefficient (Wildman–Crippen LogP) is 2.93. The first kappa shape index (κ1) is 17.5. The highest BCUT2D eigenvalue weighted by molar-refractivity contribution is 5.99. The van der Waals surface area contributed by atoms with Gasteiger partial charge in [0, 0.05) is 43.3 Å². The van der Waals surface area contributed by atoms with Crippen LogP contribution in [0.3, 0.4) is 0 Å². The lowest BCUT2D eigenvalue weighted by Gasteiger charge is -2.37. The Hall–Kier alpha value is -2.89. The van der Waals surface area contributed by atoms with Gasteiger partial charge in [0.2, 0.25) is 0 Å². The second-order valence-corrected chi connectivity index (χ2v) is 7.33. The number of amides is 1. The molecule has 0 atom stereocenters. The fourth-order valence-electron chi connectivity index (χ4n) is 3.82. The van der Waals surface area contributed by atoms with Gasteiger partial charge in [-0.05, 0) is 51.0 Å². The Morgan fingerprint density at radius 2 is 1.78 bits per heavy atom. The largest absolute Gasteiger partial charge is 0.368 e. The molecule has 1 fully saturated rings. The minimum Gasteiger partial charge on any atom is -0.368 e. The number of anilines is 1. The van der Waals surface area contributed by atoms with Crippen LogP contribution in [-0.4, -0.2) is 51.6 Å². The highest BCUT2D eigenvalue weighted by Gasteiger charge is 2.26. The molecule has 6 heteroatoms. The number of rotatable bonds is 2. The van der Waals surface area contributed by atoms with Crippen LogP contribution in [-0.2, 0) is 0 Å². The summed E-state index contributed by atoms with van der Waals surface area (Å²) >= 11 is 0. The molecule has 1 aliphatic heterocycles. The van der Waals surface area contributed by atoms with Gasteiger partial charge in [0.1, 0.15) is 5.56 Å². The summed E-state index contributed by atoms with van der Waals surface area (Å²) in [7, 11) is 0. The van der Waals surface area contributed by atoms with Crippen LogP contribution < -0.4 is 4.90 Å². The van der Waals surface area contributed by atoms with Crippen molar-refractivity contribution in [3.05, 3.63) is 58.5 Å². The second kappa shape index (κ2) is 6.68. The van der Waals surface area contributed by atoms with Gasteiger partial charge >= 0.3 is 0 Å². The van der Waals surface area contributed by atoms with Crippen molar-refractivity contribution in [1.29, 1.82) is 0 Å². The molecular formula is C21H25N5O. The zero-order chi connectivity index (χ0) is 19.1. The maximum absolute atomic E-state index is 13.1. The molecule has 1 amide bonds. The number of benzene rings is 1. The van der Waals surface area contributed by atoms with Gasteiger partial charge in [-0.2, -0.15) is 5.10 Å². The number of carbonyl (C=O) groups is 1. The van der Waals surface area contributed by atoms with E-state index in [1.54, 1.807) is 10.7 Å². The Bertz CT molecular complexity index is 1010. The standard InChI is InChI=1S/C21H25N5O/c1-14-6-5-7-19(17(14)4)24-8-10-25(11-9-24)21(27)18-13-22-26-16(3)12-15(2)23-20(18)26/h5-7,12-13H,8-11H2,1-4H3. The average molecular weight is 363 g/mol. The Kier molecular flexibility index (Phi) is 4.34. The van der Waals surface area contributed by atoms with E-state index in [-0.39, 0.29) is 5.91 Å². The van der Waals surface area contributed by atoms with Gasteiger partial charge in [-0.1, -0.05) is 12.1 Å². The van der Waals surface area contributed by atoms with E-state index in [0.717, 1.165) is 24.5 Å². The summed E-state index contributed by atoms with van der Waals surface area (Å²) in [6.45, 7) is 11.3. The van der Waals surface area contributed by atoms with Crippen molar-refractivity contribution < 1.29 is 4.79 Å². The number of nitrogens with zero attached hydrogens (tertiary/aromatic N) is 5. The third-order valence-corrected chi connectivity index (χ3v) is 5.49. The summed E-state index contributed by atoms with van der Waals surface area (Å²) in [5, 5.41) is 4.36. The Labute approximate surface area is 159 Å². The summed E-state index contributed by atoms with van der Waals surface area (Å²) in [6, 6.07) is 8.38. The molecule has 0 N–H and O–H groups in total. The molecule has 140 valence electrons. The van der Waals surface area contributed by atoms with Crippen LogP contribution in [0.2, 0.25) is 0 Å². The SMILES string of the molecule is Cc1cc(C)n2ncc(C(=O)N3CCN(c4cccc(C)c4C)CC3)c2n1. The van der Waals surface area contributed by atoms with Crippen LogP contribution in [0.15, 0.2) is 30.5 Å². The molecular weight excluding hydrogens is 338 g/mol. The van der Waals surface area contributed by atoms with E-state index < -0.39 is 0 Å². The molecule has 0 unspecified atom stereocenters. The van der Waals surface area contributed by atoms with Gasteiger partial charge in [-0.3, -0.25) is 4.79 Å². The first-order valence-electron chi connectivity index (χ1n) is 9.38. The quantitative estimate of drug-likeness (QED) is 0.702. The minimum absolute atomic E-state index is 0.0168. The van der Waals surface area contributed by atoms with Crippen LogP contribution in [0.1, 0.15) is 32.9 Å². The first-order chi connectivity index (χ1) is 13.0. The molecule has 0 spiro atoms. The Morgan fingerprint density at radius 1 is 1.04 bits per heavy atom. The highest BCUT2D eigenvalue weighted by atomic mass is 16.2. The molecule has 1 saturated heterocycles. The van der Waals surface area contributed by atoms with E-state index in [9.17, 15) is 4.79 Å². The number of hydrogen-bond acceptors (Lipinski definition) is 4. The Balaban J connectivity index is 1.53. The predicted molar refractivity (Wildman–Crippen MR) is 106 cm³/mol. The van der Waals surface area contributed by atoms with Crippen LogP contribution in [0.25, 0.3) is 5.65 Å². The molecule has 3 heterocycles. The second-order valence-electron chi connectivity index (χ2n) is 7.33. The molecule has 1 aromatic carbocycles. The van der Waals surface area contributed by atoms with Crippen LogP contribution >= 0.6 is 0 Å². The molecule has 4 rings (SSSR count). The fraction of sp³-hybridized carbons (Fsp3) is 0.381. The van der Waals surface area contributed by atoms with Crippen molar-refractivity contribution in [2.75, 3.05) is 31.1 Å². The Morgan fingerprint density at radius 3 is 2.52 bits per heavy atom. The number of aryl methyl sites for hydroxylation is 3. The van der Waals surface area contributed by atoms with Gasteiger partial charge in [0.25, 0.3) is 5.91 Å². The summed E-state index contributed by atoms with van der Waals surface area (Å²) in [5.74, 6) is 0.0168. The van der Waals surface area contributed by atoms with Crippen molar-refractivity contribution in [2.24, 2.45) is 0 Å². The lowest BCUT2D eigenvalue weighted by molar-refractivity contribution is 0.0748. The molecule has 2 aromatic heterocycles. The number of carbonyl (C=O) groups excluding carboxylic acids is 1. The summed E-state index contributed by atoms with van der Waals surface area (Å²) in [4.78, 5) is 21.9. The molecule has 0 bridgehead atoms.